The number of aromatic amines is 1. The smallest absolute Gasteiger partial charge is 0.289 e. The molecule has 2 heterocycles. The van der Waals surface area contributed by atoms with Gasteiger partial charge in [-0.1, -0.05) is 44.2 Å². The third kappa shape index (κ3) is 4.90. The third-order valence-corrected chi connectivity index (χ3v) is 5.88. The van der Waals surface area contributed by atoms with Crippen LogP contribution in [0.25, 0.3) is 22.2 Å². The SMILES string of the molecule is CC(C)CC(=O)C(=O)N1CCCC(C(=O)Nc2cccc(-c3cc4ccccc4[nH]3)c2)C1. The first-order valence-electron chi connectivity index (χ1n) is 11.2. The molecule has 6 nitrogen and oxygen atoms in total. The lowest BCUT2D eigenvalue weighted by Crippen LogP contribution is -2.46. The second-order valence-electron chi connectivity index (χ2n) is 8.95. The van der Waals surface area contributed by atoms with E-state index in [1.807, 2.05) is 56.3 Å². The minimum atomic E-state index is -0.461. The number of rotatable bonds is 6. The standard InChI is InChI=1S/C26H29N3O3/c1-17(2)13-24(30)26(32)29-12-6-9-20(16-29)25(31)27-21-10-5-8-18(14-21)23-15-19-7-3-4-11-22(19)28-23/h3-5,7-8,10-11,14-15,17,20,28H,6,9,12-13,16H2,1-2H3,(H,27,31). The maximum absolute atomic E-state index is 12.9. The van der Waals surface area contributed by atoms with E-state index in [1.54, 1.807) is 4.90 Å². The molecule has 2 aromatic carbocycles. The summed E-state index contributed by atoms with van der Waals surface area (Å²) in [5, 5.41) is 4.14. The number of Topliss-reactive ketones (excluding diaryl/α,β-unsaturated/α-hetero) is 1. The Kier molecular flexibility index (Phi) is 6.40. The summed E-state index contributed by atoms with van der Waals surface area (Å²) in [7, 11) is 0. The van der Waals surface area contributed by atoms with Crippen molar-refractivity contribution in [2.45, 2.75) is 33.1 Å². The minimum absolute atomic E-state index is 0.118. The van der Waals surface area contributed by atoms with Crippen LogP contribution in [0.1, 0.15) is 33.1 Å². The van der Waals surface area contributed by atoms with Crippen molar-refractivity contribution in [1.82, 2.24) is 9.88 Å². The number of piperidine rings is 1. The number of nitrogens with zero attached hydrogens (tertiary/aromatic N) is 1. The van der Waals surface area contributed by atoms with E-state index in [9.17, 15) is 14.4 Å². The van der Waals surface area contributed by atoms with Crippen molar-refractivity contribution in [3.05, 3.63) is 54.6 Å². The van der Waals surface area contributed by atoms with E-state index in [4.69, 9.17) is 0 Å². The molecule has 4 rings (SSSR count). The first kappa shape index (κ1) is 21.8. The van der Waals surface area contributed by atoms with Crippen LogP contribution in [0.15, 0.2) is 54.6 Å². The number of aromatic nitrogens is 1. The van der Waals surface area contributed by atoms with Crippen LogP contribution in [-0.2, 0) is 14.4 Å². The van der Waals surface area contributed by atoms with Crippen molar-refractivity contribution in [2.75, 3.05) is 18.4 Å². The quantitative estimate of drug-likeness (QED) is 0.559. The Bertz CT molecular complexity index is 1110. The van der Waals surface area contributed by atoms with E-state index in [0.717, 1.165) is 22.2 Å². The van der Waals surface area contributed by atoms with Crippen LogP contribution in [0.4, 0.5) is 5.69 Å². The van der Waals surface area contributed by atoms with Crippen LogP contribution in [0.5, 0.6) is 0 Å². The summed E-state index contributed by atoms with van der Waals surface area (Å²) in [4.78, 5) is 42.5. The molecular weight excluding hydrogens is 402 g/mol. The van der Waals surface area contributed by atoms with Crippen LogP contribution in [0, 0.1) is 11.8 Å². The zero-order chi connectivity index (χ0) is 22.7. The Hall–Kier alpha value is -3.41. The van der Waals surface area contributed by atoms with Gasteiger partial charge in [0, 0.05) is 47.4 Å². The van der Waals surface area contributed by atoms with Gasteiger partial charge in [-0.25, -0.2) is 0 Å². The van der Waals surface area contributed by atoms with Gasteiger partial charge in [0.1, 0.15) is 0 Å². The van der Waals surface area contributed by atoms with Crippen LogP contribution in [0.3, 0.4) is 0 Å². The number of ketones is 1. The molecule has 0 aliphatic carbocycles. The molecule has 1 unspecified atom stereocenters. The normalized spacial score (nSPS) is 16.3. The molecule has 1 aliphatic heterocycles. The minimum Gasteiger partial charge on any atom is -0.355 e. The van der Waals surface area contributed by atoms with Gasteiger partial charge in [-0.15, -0.1) is 0 Å². The van der Waals surface area contributed by atoms with Crippen LogP contribution in [-0.4, -0.2) is 40.6 Å². The number of carbonyl (C=O) groups excluding carboxylic acids is 3. The second-order valence-corrected chi connectivity index (χ2v) is 8.95. The molecule has 1 fully saturated rings. The number of nitrogens with one attached hydrogen (secondary N) is 2. The molecule has 2 amide bonds. The predicted molar refractivity (Wildman–Crippen MR) is 126 cm³/mol. The number of hydrogen-bond donors (Lipinski definition) is 2. The van der Waals surface area contributed by atoms with Crippen LogP contribution < -0.4 is 5.32 Å². The fraction of sp³-hybridized carbons (Fsp3) is 0.346. The second kappa shape index (κ2) is 9.39. The molecule has 3 aromatic rings. The molecule has 0 spiro atoms. The van der Waals surface area contributed by atoms with E-state index in [-0.39, 0.29) is 36.5 Å². The highest BCUT2D eigenvalue weighted by molar-refractivity contribution is 6.36. The Morgan fingerprint density at radius 3 is 2.69 bits per heavy atom. The van der Waals surface area contributed by atoms with Gasteiger partial charge in [-0.05, 0) is 43.0 Å². The van der Waals surface area contributed by atoms with Crippen molar-refractivity contribution < 1.29 is 14.4 Å². The number of benzene rings is 2. The highest BCUT2D eigenvalue weighted by Gasteiger charge is 2.31. The van der Waals surface area contributed by atoms with Gasteiger partial charge in [0.25, 0.3) is 5.91 Å². The number of hydrogen-bond acceptors (Lipinski definition) is 3. The lowest BCUT2D eigenvalue weighted by atomic mass is 9.96. The monoisotopic (exact) mass is 431 g/mol. The fourth-order valence-electron chi connectivity index (χ4n) is 4.25. The van der Waals surface area contributed by atoms with Gasteiger partial charge in [-0.2, -0.15) is 0 Å². The fourth-order valence-corrected chi connectivity index (χ4v) is 4.25. The Balaban J connectivity index is 1.43. The predicted octanol–water partition coefficient (Wildman–Crippen LogP) is 4.63. The average molecular weight is 432 g/mol. The number of likely N-dealkylation sites (tertiary alicyclic amines) is 1. The van der Waals surface area contributed by atoms with Gasteiger partial charge in [0.15, 0.2) is 0 Å². The highest BCUT2D eigenvalue weighted by Crippen LogP contribution is 2.27. The maximum Gasteiger partial charge on any atom is 0.289 e. The maximum atomic E-state index is 12.9. The van der Waals surface area contributed by atoms with Crippen molar-refractivity contribution >= 4 is 34.2 Å². The lowest BCUT2D eigenvalue weighted by Gasteiger charge is -2.31. The van der Waals surface area contributed by atoms with Crippen molar-refractivity contribution in [3.8, 4) is 11.3 Å². The van der Waals surface area contributed by atoms with Crippen LogP contribution >= 0.6 is 0 Å². The van der Waals surface area contributed by atoms with E-state index in [2.05, 4.69) is 22.4 Å². The first-order chi connectivity index (χ1) is 15.4. The average Bonchev–Trinajstić information content (AvgIpc) is 3.23. The van der Waals surface area contributed by atoms with E-state index in [1.165, 1.54) is 0 Å². The summed E-state index contributed by atoms with van der Waals surface area (Å²) >= 11 is 0. The third-order valence-electron chi connectivity index (χ3n) is 5.88. The molecule has 0 radical (unpaired) electrons. The number of carbonyl (C=O) groups is 3. The molecule has 32 heavy (non-hydrogen) atoms. The zero-order valence-electron chi connectivity index (χ0n) is 18.6. The van der Waals surface area contributed by atoms with Gasteiger partial charge in [0.2, 0.25) is 11.7 Å². The van der Waals surface area contributed by atoms with E-state index < -0.39 is 5.91 Å². The first-order valence-corrected chi connectivity index (χ1v) is 11.2. The molecule has 0 bridgehead atoms. The molecule has 1 atom stereocenters. The molecule has 0 saturated carbocycles. The van der Waals surface area contributed by atoms with Gasteiger partial charge < -0.3 is 15.2 Å². The molecule has 6 heteroatoms. The number of amides is 2. The number of H-pyrrole nitrogens is 1. The Morgan fingerprint density at radius 1 is 1.09 bits per heavy atom. The van der Waals surface area contributed by atoms with Crippen molar-refractivity contribution in [3.63, 3.8) is 0 Å². The summed E-state index contributed by atoms with van der Waals surface area (Å²) in [5.74, 6) is -1.13. The largest absolute Gasteiger partial charge is 0.355 e. The summed E-state index contributed by atoms with van der Waals surface area (Å²) < 4.78 is 0. The molecule has 2 N–H and O–H groups in total. The molecule has 1 aliphatic rings. The van der Waals surface area contributed by atoms with E-state index in [0.29, 0.717) is 25.1 Å². The van der Waals surface area contributed by atoms with Gasteiger partial charge in [-0.3, -0.25) is 14.4 Å². The Morgan fingerprint density at radius 2 is 1.91 bits per heavy atom. The van der Waals surface area contributed by atoms with Crippen molar-refractivity contribution in [2.24, 2.45) is 11.8 Å². The lowest BCUT2D eigenvalue weighted by molar-refractivity contribution is -0.146. The molecule has 166 valence electrons. The zero-order valence-corrected chi connectivity index (χ0v) is 18.6. The summed E-state index contributed by atoms with van der Waals surface area (Å²) in [6.45, 7) is 4.65. The highest BCUT2D eigenvalue weighted by atomic mass is 16.2. The van der Waals surface area contributed by atoms with E-state index >= 15 is 0 Å². The number of fused-ring (bicyclic) bond motifs is 1. The topological polar surface area (TPSA) is 82.3 Å². The summed E-state index contributed by atoms with van der Waals surface area (Å²) in [6.07, 6.45) is 1.66. The summed E-state index contributed by atoms with van der Waals surface area (Å²) in [6, 6.07) is 17.9. The Labute approximate surface area is 188 Å². The van der Waals surface area contributed by atoms with Gasteiger partial charge >= 0.3 is 0 Å². The number of anilines is 1. The van der Waals surface area contributed by atoms with Gasteiger partial charge in [0.05, 0.1) is 5.92 Å². The molecule has 1 aromatic heterocycles. The number of para-hydroxylation sites is 1. The van der Waals surface area contributed by atoms with Crippen molar-refractivity contribution in [1.29, 1.82) is 0 Å². The molecule has 1 saturated heterocycles. The van der Waals surface area contributed by atoms with Crippen LogP contribution in [0.2, 0.25) is 0 Å². The molecular formula is C26H29N3O3. The summed E-state index contributed by atoms with van der Waals surface area (Å²) in [5.41, 5.74) is 3.75.